The maximum atomic E-state index is 12.3. The molecule has 0 fully saturated rings. The molecule has 0 atom stereocenters. The first-order chi connectivity index (χ1) is 12.5. The zero-order valence-electron chi connectivity index (χ0n) is 14.0. The molecule has 0 spiro atoms. The second kappa shape index (κ2) is 8.17. The number of hydrogen-bond acceptors (Lipinski definition) is 5. The van der Waals surface area contributed by atoms with E-state index >= 15 is 0 Å². The number of sulfonamides is 1. The number of rotatable bonds is 7. The highest BCUT2D eigenvalue weighted by Crippen LogP contribution is 2.23. The molecule has 0 aliphatic rings. The van der Waals surface area contributed by atoms with Crippen LogP contribution in [0.2, 0.25) is 5.15 Å². The van der Waals surface area contributed by atoms with Crippen LogP contribution in [-0.2, 0) is 16.6 Å². The number of aromatic nitrogens is 2. The predicted molar refractivity (Wildman–Crippen MR) is 90.2 cm³/mol. The number of amides is 1. The Kier molecular flexibility index (Phi) is 6.37. The fourth-order valence-electron chi connectivity index (χ4n) is 2.03. The van der Waals surface area contributed by atoms with Gasteiger partial charge in [-0.2, -0.15) is 13.2 Å². The number of halogens is 4. The summed E-state index contributed by atoms with van der Waals surface area (Å²) in [5, 5.41) is -0.390. The van der Waals surface area contributed by atoms with Crippen LogP contribution < -0.4 is 9.46 Å². The second-order valence-electron chi connectivity index (χ2n) is 5.28. The van der Waals surface area contributed by atoms with Crippen molar-refractivity contribution in [3.8, 4) is 5.75 Å². The topological polar surface area (TPSA) is 90.3 Å². The van der Waals surface area contributed by atoms with Crippen molar-refractivity contribution < 1.29 is 31.1 Å². The van der Waals surface area contributed by atoms with Crippen LogP contribution in [0.5, 0.6) is 5.75 Å². The summed E-state index contributed by atoms with van der Waals surface area (Å²) in [5.74, 6) is -0.700. The summed E-state index contributed by atoms with van der Waals surface area (Å²) in [6, 6.07) is 5.32. The van der Waals surface area contributed by atoms with Crippen molar-refractivity contribution in [2.24, 2.45) is 0 Å². The van der Waals surface area contributed by atoms with Crippen molar-refractivity contribution >= 4 is 27.5 Å². The third kappa shape index (κ3) is 5.60. The first-order valence-corrected chi connectivity index (χ1v) is 9.47. The Morgan fingerprint density at radius 3 is 2.48 bits per heavy atom. The molecule has 27 heavy (non-hydrogen) atoms. The van der Waals surface area contributed by atoms with E-state index < -0.39 is 45.9 Å². The smallest absolute Gasteiger partial charge is 0.390 e. The summed E-state index contributed by atoms with van der Waals surface area (Å²) in [6.07, 6.45) is -4.64. The summed E-state index contributed by atoms with van der Waals surface area (Å²) in [6.45, 7) is 1.62. The lowest BCUT2D eigenvalue weighted by Gasteiger charge is -2.09. The Bertz CT molecular complexity index is 911. The molecule has 0 bridgehead atoms. The Balaban J connectivity index is 2.13. The monoisotopic (exact) mass is 425 g/mol. The maximum Gasteiger partial charge on any atom is 0.390 e. The van der Waals surface area contributed by atoms with E-state index in [0.717, 1.165) is 10.9 Å². The number of nitrogens with one attached hydrogen (secondary N) is 1. The van der Waals surface area contributed by atoms with Gasteiger partial charge < -0.3 is 9.30 Å². The maximum absolute atomic E-state index is 12.3. The number of carbonyl (C=O) groups is 1. The van der Waals surface area contributed by atoms with Gasteiger partial charge in [0.2, 0.25) is 0 Å². The van der Waals surface area contributed by atoms with Crippen LogP contribution in [0.3, 0.4) is 0 Å². The van der Waals surface area contributed by atoms with E-state index in [4.69, 9.17) is 16.3 Å². The van der Waals surface area contributed by atoms with Crippen LogP contribution in [0.4, 0.5) is 13.2 Å². The molecule has 1 amide bonds. The molecule has 148 valence electrons. The molecule has 7 nitrogen and oxygen atoms in total. The third-order valence-electron chi connectivity index (χ3n) is 3.30. The number of alkyl halides is 3. The third-order valence-corrected chi connectivity index (χ3v) is 5.04. The average Bonchev–Trinajstić information content (AvgIpc) is 2.94. The minimum absolute atomic E-state index is 0.202. The van der Waals surface area contributed by atoms with E-state index in [2.05, 4.69) is 4.98 Å². The molecule has 1 heterocycles. The van der Waals surface area contributed by atoms with E-state index in [9.17, 15) is 26.4 Å². The molecule has 12 heteroatoms. The van der Waals surface area contributed by atoms with Crippen LogP contribution in [0.25, 0.3) is 0 Å². The van der Waals surface area contributed by atoms with Gasteiger partial charge in [-0.15, -0.1) is 0 Å². The summed E-state index contributed by atoms with van der Waals surface area (Å²) in [4.78, 5) is 15.5. The number of aryl methyl sites for hydroxylation is 1. The van der Waals surface area contributed by atoms with Gasteiger partial charge in [0.15, 0.2) is 5.69 Å². The fraction of sp³-hybridized carbons (Fsp3) is 0.333. The predicted octanol–water partition coefficient (Wildman–Crippen LogP) is 3.01. The van der Waals surface area contributed by atoms with Crippen LogP contribution in [-0.4, -0.2) is 36.7 Å². The highest BCUT2D eigenvalue weighted by atomic mass is 35.5. The van der Waals surface area contributed by atoms with Gasteiger partial charge in [0.1, 0.15) is 10.9 Å². The van der Waals surface area contributed by atoms with Gasteiger partial charge in [0.25, 0.3) is 15.9 Å². The van der Waals surface area contributed by atoms with E-state index in [1.807, 2.05) is 0 Å². The first kappa shape index (κ1) is 21.0. The molecule has 1 aromatic carbocycles. The number of carbonyl (C=O) groups excluding carboxylic acids is 1. The van der Waals surface area contributed by atoms with Crippen molar-refractivity contribution in [1.29, 1.82) is 0 Å². The van der Waals surface area contributed by atoms with Crippen LogP contribution in [0, 0.1) is 0 Å². The number of hydrogen-bond donors (Lipinski definition) is 1. The van der Waals surface area contributed by atoms with Gasteiger partial charge in [-0.05, 0) is 31.2 Å². The summed E-state index contributed by atoms with van der Waals surface area (Å²) in [7, 11) is -4.23. The minimum atomic E-state index is -4.41. The Morgan fingerprint density at radius 2 is 1.93 bits per heavy atom. The zero-order chi connectivity index (χ0) is 20.2. The van der Waals surface area contributed by atoms with E-state index in [-0.39, 0.29) is 4.90 Å². The van der Waals surface area contributed by atoms with Crippen molar-refractivity contribution in [1.82, 2.24) is 14.3 Å². The molecular weight excluding hydrogens is 411 g/mol. The Morgan fingerprint density at radius 1 is 1.30 bits per heavy atom. The Hall–Kier alpha value is -2.27. The molecule has 0 unspecified atom stereocenters. The summed E-state index contributed by atoms with van der Waals surface area (Å²) >= 11 is 5.84. The van der Waals surface area contributed by atoms with Gasteiger partial charge in [0.05, 0.1) is 24.3 Å². The largest absolute Gasteiger partial charge is 0.494 e. The lowest BCUT2D eigenvalue weighted by Crippen LogP contribution is -2.31. The minimum Gasteiger partial charge on any atom is -0.494 e. The van der Waals surface area contributed by atoms with Gasteiger partial charge in [-0.25, -0.2) is 18.1 Å². The lowest BCUT2D eigenvalue weighted by atomic mass is 10.3. The standard InChI is InChI=1S/C15H15ClF3N3O4S/c1-2-26-10-3-5-11(6-4-10)27(24,25)21-14(23)12-13(16)22(9-20-12)8-7-15(17,18)19/h3-6,9H,2,7-8H2,1H3,(H,21,23). The van der Waals surface area contributed by atoms with Gasteiger partial charge in [-0.1, -0.05) is 11.6 Å². The Labute approximate surface area is 158 Å². The van der Waals surface area contributed by atoms with Crippen molar-refractivity contribution in [2.45, 2.75) is 31.0 Å². The lowest BCUT2D eigenvalue weighted by molar-refractivity contribution is -0.136. The van der Waals surface area contributed by atoms with Crippen LogP contribution >= 0.6 is 11.6 Å². The van der Waals surface area contributed by atoms with Gasteiger partial charge >= 0.3 is 6.18 Å². The highest BCUT2D eigenvalue weighted by Gasteiger charge is 2.28. The van der Waals surface area contributed by atoms with Gasteiger partial charge in [-0.3, -0.25) is 4.79 Å². The van der Waals surface area contributed by atoms with E-state index in [0.29, 0.717) is 12.4 Å². The van der Waals surface area contributed by atoms with Crippen molar-refractivity contribution in [3.05, 3.63) is 41.4 Å². The van der Waals surface area contributed by atoms with Crippen LogP contribution in [0.1, 0.15) is 23.8 Å². The molecule has 0 radical (unpaired) electrons. The molecule has 2 aromatic rings. The molecule has 1 aromatic heterocycles. The van der Waals surface area contributed by atoms with Crippen molar-refractivity contribution in [3.63, 3.8) is 0 Å². The highest BCUT2D eigenvalue weighted by molar-refractivity contribution is 7.90. The number of nitrogens with zero attached hydrogens (tertiary/aromatic N) is 2. The molecule has 0 aliphatic carbocycles. The number of benzene rings is 1. The molecule has 2 rings (SSSR count). The van der Waals surface area contributed by atoms with Gasteiger partial charge in [0, 0.05) is 6.54 Å². The fourth-order valence-corrected chi connectivity index (χ4v) is 3.25. The van der Waals surface area contributed by atoms with Crippen LogP contribution in [0.15, 0.2) is 35.5 Å². The average molecular weight is 426 g/mol. The molecule has 0 aliphatic heterocycles. The van der Waals surface area contributed by atoms with E-state index in [1.165, 1.54) is 24.3 Å². The number of imidazole rings is 1. The summed E-state index contributed by atoms with van der Waals surface area (Å²) in [5.41, 5.74) is -0.492. The molecule has 1 N–H and O–H groups in total. The quantitative estimate of drug-likeness (QED) is 0.736. The van der Waals surface area contributed by atoms with Crippen molar-refractivity contribution in [2.75, 3.05) is 6.61 Å². The second-order valence-corrected chi connectivity index (χ2v) is 7.32. The zero-order valence-corrected chi connectivity index (χ0v) is 15.5. The molecular formula is C15H15ClF3N3O4S. The normalized spacial score (nSPS) is 12.0. The molecule has 0 saturated carbocycles. The molecule has 0 saturated heterocycles. The first-order valence-electron chi connectivity index (χ1n) is 7.61. The summed E-state index contributed by atoms with van der Waals surface area (Å²) < 4.78 is 69.2. The SMILES string of the molecule is CCOc1ccc(S(=O)(=O)NC(=O)c2ncn(CCC(F)(F)F)c2Cl)cc1. The van der Waals surface area contributed by atoms with E-state index in [1.54, 1.807) is 11.6 Å². The number of ether oxygens (including phenoxy) is 1.